The molecule has 1 aromatic carbocycles. The van der Waals surface area contributed by atoms with E-state index in [1.807, 2.05) is 33.8 Å². The van der Waals surface area contributed by atoms with Crippen LogP contribution in [0.1, 0.15) is 43.6 Å². The molecule has 8 heteroatoms. The third-order valence-electron chi connectivity index (χ3n) is 4.29. The van der Waals surface area contributed by atoms with Crippen molar-refractivity contribution in [1.29, 1.82) is 0 Å². The summed E-state index contributed by atoms with van der Waals surface area (Å²) in [5, 5.41) is 3.33. The van der Waals surface area contributed by atoms with Gasteiger partial charge in [-0.05, 0) is 30.0 Å². The highest BCUT2D eigenvalue weighted by atomic mass is 19.4. The highest BCUT2D eigenvalue weighted by Gasteiger charge is 2.35. The molecule has 1 unspecified atom stereocenters. The van der Waals surface area contributed by atoms with Gasteiger partial charge >= 0.3 is 6.18 Å². The number of rotatable bonds is 3. The Morgan fingerprint density at radius 2 is 1.81 bits per heavy atom. The molecule has 0 amide bonds. The molecule has 3 aromatic rings. The summed E-state index contributed by atoms with van der Waals surface area (Å²) >= 11 is 0. The first kappa shape index (κ1) is 19.1. The van der Waals surface area contributed by atoms with Crippen molar-refractivity contribution in [3.63, 3.8) is 0 Å². The van der Waals surface area contributed by atoms with Gasteiger partial charge in [0.1, 0.15) is 11.6 Å². The molecule has 2 aromatic heterocycles. The van der Waals surface area contributed by atoms with Crippen molar-refractivity contribution in [3.8, 4) is 0 Å². The maximum absolute atomic E-state index is 14.1. The number of nitrogens with zero attached hydrogens (tertiary/aromatic N) is 3. The predicted molar refractivity (Wildman–Crippen MR) is 94.9 cm³/mol. The first-order valence-corrected chi connectivity index (χ1v) is 8.41. The van der Waals surface area contributed by atoms with Gasteiger partial charge in [-0.2, -0.15) is 13.2 Å². The Balaban J connectivity index is 2.05. The minimum atomic E-state index is -4.72. The predicted octanol–water partition coefficient (Wildman–Crippen LogP) is 5.39. The van der Waals surface area contributed by atoms with E-state index in [1.54, 1.807) is 16.8 Å². The van der Waals surface area contributed by atoms with Gasteiger partial charge in [0, 0.05) is 24.2 Å². The van der Waals surface area contributed by atoms with Gasteiger partial charge in [-0.3, -0.25) is 4.40 Å². The SMILES string of the molecule is Cc1cc(NC(c2ccc(C(F)(F)F)c(F)c2)C(C)(C)C)n2ccnc2n1. The van der Waals surface area contributed by atoms with E-state index in [4.69, 9.17) is 0 Å². The minimum Gasteiger partial charge on any atom is -0.364 e. The maximum atomic E-state index is 14.1. The Hall–Kier alpha value is -2.64. The average Bonchev–Trinajstić information content (AvgIpc) is 2.98. The van der Waals surface area contributed by atoms with Crippen LogP contribution in [0.2, 0.25) is 0 Å². The number of benzene rings is 1. The number of aromatic nitrogens is 3. The highest BCUT2D eigenvalue weighted by molar-refractivity contribution is 5.49. The van der Waals surface area contributed by atoms with Crippen molar-refractivity contribution in [2.45, 2.75) is 39.9 Å². The molecular weight excluding hydrogens is 360 g/mol. The molecule has 2 heterocycles. The number of fused-ring (bicyclic) bond motifs is 1. The lowest BCUT2D eigenvalue weighted by molar-refractivity contribution is -0.140. The van der Waals surface area contributed by atoms with Crippen LogP contribution >= 0.6 is 0 Å². The summed E-state index contributed by atoms with van der Waals surface area (Å²) in [7, 11) is 0. The Morgan fingerprint density at radius 3 is 2.41 bits per heavy atom. The van der Waals surface area contributed by atoms with Crippen LogP contribution in [0.3, 0.4) is 0 Å². The molecule has 144 valence electrons. The monoisotopic (exact) mass is 380 g/mol. The van der Waals surface area contributed by atoms with E-state index in [-0.39, 0.29) is 0 Å². The highest BCUT2D eigenvalue weighted by Crippen LogP contribution is 2.38. The van der Waals surface area contributed by atoms with E-state index in [1.165, 1.54) is 6.07 Å². The van der Waals surface area contributed by atoms with Gasteiger partial charge in [0.15, 0.2) is 0 Å². The number of halogens is 4. The number of hydrogen-bond donors (Lipinski definition) is 1. The van der Waals surface area contributed by atoms with Crippen LogP contribution in [0.15, 0.2) is 36.7 Å². The van der Waals surface area contributed by atoms with E-state index in [0.717, 1.165) is 17.8 Å². The van der Waals surface area contributed by atoms with Gasteiger partial charge < -0.3 is 5.32 Å². The molecule has 0 bridgehead atoms. The molecule has 4 nitrogen and oxygen atoms in total. The van der Waals surface area contributed by atoms with Gasteiger partial charge in [-0.1, -0.05) is 26.8 Å². The van der Waals surface area contributed by atoms with Crippen LogP contribution in [0.4, 0.5) is 23.4 Å². The normalized spacial score (nSPS) is 13.8. The number of aryl methyl sites for hydroxylation is 1. The Morgan fingerprint density at radius 1 is 1.11 bits per heavy atom. The van der Waals surface area contributed by atoms with E-state index >= 15 is 0 Å². The number of hydrogen-bond acceptors (Lipinski definition) is 3. The number of nitrogens with one attached hydrogen (secondary N) is 1. The molecule has 0 aliphatic carbocycles. The molecule has 1 N–H and O–H groups in total. The molecule has 0 saturated heterocycles. The fourth-order valence-electron chi connectivity index (χ4n) is 3.02. The second kappa shape index (κ2) is 6.51. The van der Waals surface area contributed by atoms with Crippen molar-refractivity contribution in [2.24, 2.45) is 5.41 Å². The molecule has 0 fully saturated rings. The van der Waals surface area contributed by atoms with Crippen LogP contribution in [0.5, 0.6) is 0 Å². The summed E-state index contributed by atoms with van der Waals surface area (Å²) in [5.41, 5.74) is -0.509. The molecule has 0 aliphatic heterocycles. The zero-order valence-electron chi connectivity index (χ0n) is 15.4. The summed E-state index contributed by atoms with van der Waals surface area (Å²) < 4.78 is 54.5. The molecule has 0 aliphatic rings. The lowest BCUT2D eigenvalue weighted by Crippen LogP contribution is -2.27. The maximum Gasteiger partial charge on any atom is 0.419 e. The van der Waals surface area contributed by atoms with Crippen molar-refractivity contribution in [1.82, 2.24) is 14.4 Å². The fourth-order valence-corrected chi connectivity index (χ4v) is 3.02. The summed E-state index contributed by atoms with van der Waals surface area (Å²) in [6, 6.07) is 4.42. The number of imidazole rings is 1. The standard InChI is InChI=1S/C19H20F4N4/c1-11-9-15(27-8-7-24-17(27)25-11)26-16(18(2,3)4)12-5-6-13(14(20)10-12)19(21,22)23/h5-10,16,26H,1-4H3. The van der Waals surface area contributed by atoms with Gasteiger partial charge in [0.05, 0.1) is 11.6 Å². The molecule has 3 rings (SSSR count). The van der Waals surface area contributed by atoms with Crippen molar-refractivity contribution < 1.29 is 17.6 Å². The van der Waals surface area contributed by atoms with Crippen LogP contribution in [0.25, 0.3) is 5.78 Å². The van der Waals surface area contributed by atoms with E-state index in [0.29, 0.717) is 17.2 Å². The topological polar surface area (TPSA) is 42.2 Å². The molecular formula is C19H20F4N4. The van der Waals surface area contributed by atoms with Gasteiger partial charge in [0.2, 0.25) is 5.78 Å². The van der Waals surface area contributed by atoms with Gasteiger partial charge in [-0.25, -0.2) is 14.4 Å². The Kier molecular flexibility index (Phi) is 4.61. The minimum absolute atomic E-state index is 0.406. The van der Waals surface area contributed by atoms with E-state index < -0.39 is 29.0 Å². The third kappa shape index (κ3) is 3.89. The Bertz CT molecular complexity index is 970. The van der Waals surface area contributed by atoms with Crippen LogP contribution in [-0.2, 0) is 6.18 Å². The van der Waals surface area contributed by atoms with Crippen molar-refractivity contribution >= 4 is 11.6 Å². The Labute approximate surface area is 154 Å². The second-order valence-electron chi connectivity index (χ2n) is 7.56. The van der Waals surface area contributed by atoms with E-state index in [2.05, 4.69) is 15.3 Å². The molecule has 0 spiro atoms. The largest absolute Gasteiger partial charge is 0.419 e. The summed E-state index contributed by atoms with van der Waals surface area (Å²) in [4.78, 5) is 8.48. The molecule has 0 radical (unpaired) electrons. The molecule has 0 saturated carbocycles. The molecule has 1 atom stereocenters. The van der Waals surface area contributed by atoms with Crippen LogP contribution in [-0.4, -0.2) is 14.4 Å². The third-order valence-corrected chi connectivity index (χ3v) is 4.29. The summed E-state index contributed by atoms with van der Waals surface area (Å²) in [5.74, 6) is -0.103. The van der Waals surface area contributed by atoms with Gasteiger partial charge in [-0.15, -0.1) is 0 Å². The zero-order chi connectivity index (χ0) is 20.0. The smallest absolute Gasteiger partial charge is 0.364 e. The first-order chi connectivity index (χ1) is 12.5. The van der Waals surface area contributed by atoms with Gasteiger partial charge in [0.25, 0.3) is 0 Å². The number of alkyl halides is 3. The summed E-state index contributed by atoms with van der Waals surface area (Å²) in [6.07, 6.45) is -1.38. The van der Waals surface area contributed by atoms with Crippen molar-refractivity contribution in [2.75, 3.05) is 5.32 Å². The average molecular weight is 380 g/mol. The fraction of sp³-hybridized carbons (Fsp3) is 0.368. The lowest BCUT2D eigenvalue weighted by atomic mass is 9.82. The quantitative estimate of drug-likeness (QED) is 0.619. The number of anilines is 1. The molecule has 27 heavy (non-hydrogen) atoms. The van der Waals surface area contributed by atoms with Crippen LogP contribution in [0, 0.1) is 18.2 Å². The van der Waals surface area contributed by atoms with Crippen LogP contribution < -0.4 is 5.32 Å². The summed E-state index contributed by atoms with van der Waals surface area (Å²) in [6.45, 7) is 7.61. The zero-order valence-corrected chi connectivity index (χ0v) is 15.4. The lowest BCUT2D eigenvalue weighted by Gasteiger charge is -2.33. The second-order valence-corrected chi connectivity index (χ2v) is 7.56. The van der Waals surface area contributed by atoms with Crippen molar-refractivity contribution in [3.05, 3.63) is 59.3 Å². The first-order valence-electron chi connectivity index (χ1n) is 8.41. The van der Waals surface area contributed by atoms with E-state index in [9.17, 15) is 17.6 Å².